The lowest BCUT2D eigenvalue weighted by Crippen LogP contribution is -2.47. The number of fused-ring (bicyclic) bond motifs is 1. The van der Waals surface area contributed by atoms with Crippen molar-refractivity contribution in [1.29, 1.82) is 0 Å². The third-order valence-electron chi connectivity index (χ3n) is 4.70. The van der Waals surface area contributed by atoms with Gasteiger partial charge in [-0.15, -0.1) is 0 Å². The average molecular weight is 332 g/mol. The fourth-order valence-corrected chi connectivity index (χ4v) is 3.25. The first-order valence-electron chi connectivity index (χ1n) is 8.63. The summed E-state index contributed by atoms with van der Waals surface area (Å²) in [6, 6.07) is 7.44. The summed E-state index contributed by atoms with van der Waals surface area (Å²) in [5.41, 5.74) is 0.731. The maximum Gasteiger partial charge on any atom is 0.268 e. The Morgan fingerprint density at radius 2 is 2.00 bits per heavy atom. The number of nitrogens with zero attached hydrogens (tertiary/aromatic N) is 2. The van der Waals surface area contributed by atoms with Crippen molar-refractivity contribution in [3.8, 4) is 5.75 Å². The van der Waals surface area contributed by atoms with Crippen LogP contribution >= 0.6 is 0 Å². The molecule has 0 radical (unpaired) electrons. The fraction of sp³-hybridized carbons (Fsp3) is 0.556. The number of carbonyl (C=O) groups is 2. The van der Waals surface area contributed by atoms with Crippen molar-refractivity contribution < 1.29 is 19.4 Å². The third kappa shape index (κ3) is 3.38. The SMILES string of the molecule is CCC1Oc2ccccc2N(CCC(=O)N2CCC(O)CC2)C1=O. The molecule has 0 aliphatic carbocycles. The topological polar surface area (TPSA) is 70.1 Å². The van der Waals surface area contributed by atoms with Crippen LogP contribution in [-0.4, -0.2) is 53.7 Å². The summed E-state index contributed by atoms with van der Waals surface area (Å²) in [6.45, 7) is 3.45. The van der Waals surface area contributed by atoms with E-state index < -0.39 is 6.10 Å². The van der Waals surface area contributed by atoms with Gasteiger partial charge in [-0.25, -0.2) is 0 Å². The van der Waals surface area contributed by atoms with Crippen molar-refractivity contribution >= 4 is 17.5 Å². The van der Waals surface area contributed by atoms with E-state index >= 15 is 0 Å². The van der Waals surface area contributed by atoms with Gasteiger partial charge >= 0.3 is 0 Å². The van der Waals surface area contributed by atoms with Gasteiger partial charge in [0.25, 0.3) is 5.91 Å². The normalized spacial score (nSPS) is 21.4. The second-order valence-electron chi connectivity index (χ2n) is 6.33. The predicted molar refractivity (Wildman–Crippen MR) is 89.9 cm³/mol. The van der Waals surface area contributed by atoms with Gasteiger partial charge in [0.1, 0.15) is 5.75 Å². The summed E-state index contributed by atoms with van der Waals surface area (Å²) in [5.74, 6) is 0.641. The number of likely N-dealkylation sites (tertiary alicyclic amines) is 1. The zero-order chi connectivity index (χ0) is 17.1. The summed E-state index contributed by atoms with van der Waals surface area (Å²) >= 11 is 0. The summed E-state index contributed by atoms with van der Waals surface area (Å²) in [7, 11) is 0. The molecule has 2 aliphatic heterocycles. The van der Waals surface area contributed by atoms with Crippen LogP contribution in [-0.2, 0) is 9.59 Å². The monoisotopic (exact) mass is 332 g/mol. The maximum absolute atomic E-state index is 12.6. The van der Waals surface area contributed by atoms with Crippen molar-refractivity contribution in [2.75, 3.05) is 24.5 Å². The number of aliphatic hydroxyl groups excluding tert-OH is 1. The van der Waals surface area contributed by atoms with Gasteiger partial charge in [0.05, 0.1) is 11.8 Å². The Kier molecular flexibility index (Phi) is 5.04. The molecule has 0 spiro atoms. The highest BCUT2D eigenvalue weighted by Gasteiger charge is 2.33. The highest BCUT2D eigenvalue weighted by atomic mass is 16.5. The van der Waals surface area contributed by atoms with Gasteiger partial charge < -0.3 is 19.6 Å². The Balaban J connectivity index is 1.67. The van der Waals surface area contributed by atoms with E-state index in [2.05, 4.69) is 0 Å². The van der Waals surface area contributed by atoms with Crippen molar-refractivity contribution in [1.82, 2.24) is 4.90 Å². The number of rotatable bonds is 4. The molecule has 6 nitrogen and oxygen atoms in total. The molecule has 2 heterocycles. The maximum atomic E-state index is 12.6. The van der Waals surface area contributed by atoms with E-state index in [0.717, 1.165) is 5.69 Å². The molecular weight excluding hydrogens is 308 g/mol. The van der Waals surface area contributed by atoms with E-state index in [1.54, 1.807) is 9.80 Å². The van der Waals surface area contributed by atoms with E-state index in [4.69, 9.17) is 4.74 Å². The quantitative estimate of drug-likeness (QED) is 0.908. The van der Waals surface area contributed by atoms with E-state index in [-0.39, 0.29) is 24.3 Å². The second-order valence-corrected chi connectivity index (χ2v) is 6.33. The molecule has 1 unspecified atom stereocenters. The standard InChI is InChI=1S/C18H24N2O4/c1-2-15-18(23)20(14-5-3-4-6-16(14)24-15)12-9-17(22)19-10-7-13(21)8-11-19/h3-6,13,15,21H,2,7-12H2,1H3. The number of para-hydroxylation sites is 2. The van der Waals surface area contributed by atoms with Crippen LogP contribution in [0, 0.1) is 0 Å². The van der Waals surface area contributed by atoms with Crippen molar-refractivity contribution in [2.45, 2.75) is 44.8 Å². The number of benzene rings is 1. The molecule has 2 aliphatic rings. The summed E-state index contributed by atoms with van der Waals surface area (Å²) in [4.78, 5) is 28.4. The van der Waals surface area contributed by atoms with E-state index in [9.17, 15) is 14.7 Å². The van der Waals surface area contributed by atoms with Crippen LogP contribution in [0.4, 0.5) is 5.69 Å². The molecule has 0 bridgehead atoms. The van der Waals surface area contributed by atoms with E-state index in [1.807, 2.05) is 31.2 Å². The Morgan fingerprint density at radius 3 is 2.71 bits per heavy atom. The molecule has 1 saturated heterocycles. The number of hydrogen-bond acceptors (Lipinski definition) is 4. The first-order valence-corrected chi connectivity index (χ1v) is 8.63. The molecule has 6 heteroatoms. The summed E-state index contributed by atoms with van der Waals surface area (Å²) in [6.07, 6.45) is 1.35. The number of amides is 2. The van der Waals surface area contributed by atoms with E-state index in [0.29, 0.717) is 44.6 Å². The largest absolute Gasteiger partial charge is 0.478 e. The van der Waals surface area contributed by atoms with Crippen LogP contribution in [0.15, 0.2) is 24.3 Å². The first-order chi connectivity index (χ1) is 11.6. The molecular formula is C18H24N2O4. The fourth-order valence-electron chi connectivity index (χ4n) is 3.25. The molecule has 3 rings (SSSR count). The highest BCUT2D eigenvalue weighted by molar-refractivity contribution is 6.00. The molecule has 130 valence electrons. The smallest absolute Gasteiger partial charge is 0.268 e. The minimum absolute atomic E-state index is 0.0340. The minimum atomic E-state index is -0.486. The van der Waals surface area contributed by atoms with Crippen LogP contribution in [0.2, 0.25) is 0 Å². The molecule has 24 heavy (non-hydrogen) atoms. The lowest BCUT2D eigenvalue weighted by molar-refractivity contribution is -0.133. The predicted octanol–water partition coefficient (Wildman–Crippen LogP) is 1.56. The van der Waals surface area contributed by atoms with Gasteiger partial charge in [0, 0.05) is 26.1 Å². The van der Waals surface area contributed by atoms with Crippen LogP contribution in [0.5, 0.6) is 5.75 Å². The number of piperidine rings is 1. The number of aliphatic hydroxyl groups is 1. The molecule has 1 atom stereocenters. The number of hydrogen-bond donors (Lipinski definition) is 1. The summed E-state index contributed by atoms with van der Waals surface area (Å²) < 4.78 is 5.74. The number of anilines is 1. The first kappa shape index (κ1) is 16.8. The van der Waals surface area contributed by atoms with Crippen molar-refractivity contribution in [2.24, 2.45) is 0 Å². The molecule has 2 amide bonds. The molecule has 0 aromatic heterocycles. The minimum Gasteiger partial charge on any atom is -0.478 e. The van der Waals surface area contributed by atoms with Gasteiger partial charge in [-0.3, -0.25) is 9.59 Å². The van der Waals surface area contributed by atoms with Crippen LogP contribution in [0.25, 0.3) is 0 Å². The molecule has 1 aromatic carbocycles. The second kappa shape index (κ2) is 7.21. The van der Waals surface area contributed by atoms with Crippen molar-refractivity contribution in [3.63, 3.8) is 0 Å². The molecule has 1 aromatic rings. The van der Waals surface area contributed by atoms with E-state index in [1.165, 1.54) is 0 Å². The van der Waals surface area contributed by atoms with Crippen LogP contribution in [0.1, 0.15) is 32.6 Å². The number of carbonyl (C=O) groups excluding carboxylic acids is 2. The van der Waals surface area contributed by atoms with Gasteiger partial charge in [-0.05, 0) is 31.4 Å². The van der Waals surface area contributed by atoms with Gasteiger partial charge in [0.15, 0.2) is 6.10 Å². The van der Waals surface area contributed by atoms with Crippen LogP contribution < -0.4 is 9.64 Å². The highest BCUT2D eigenvalue weighted by Crippen LogP contribution is 2.34. The van der Waals surface area contributed by atoms with Gasteiger partial charge in [0.2, 0.25) is 5.91 Å². The number of ether oxygens (including phenoxy) is 1. The molecule has 1 N–H and O–H groups in total. The molecule has 1 fully saturated rings. The summed E-state index contributed by atoms with van der Waals surface area (Å²) in [5, 5.41) is 9.54. The van der Waals surface area contributed by atoms with Crippen LogP contribution in [0.3, 0.4) is 0 Å². The Bertz CT molecular complexity index is 611. The Hall–Kier alpha value is -2.08. The van der Waals surface area contributed by atoms with Gasteiger partial charge in [-0.2, -0.15) is 0 Å². The van der Waals surface area contributed by atoms with Crippen molar-refractivity contribution in [3.05, 3.63) is 24.3 Å². The Labute approximate surface area is 142 Å². The lowest BCUT2D eigenvalue weighted by atomic mass is 10.1. The zero-order valence-corrected chi connectivity index (χ0v) is 14.0. The molecule has 0 saturated carbocycles. The van der Waals surface area contributed by atoms with Gasteiger partial charge in [-0.1, -0.05) is 19.1 Å². The third-order valence-corrected chi connectivity index (χ3v) is 4.70. The zero-order valence-electron chi connectivity index (χ0n) is 14.0. The average Bonchev–Trinajstić information content (AvgIpc) is 2.61. The lowest BCUT2D eigenvalue weighted by Gasteiger charge is -2.35. The Morgan fingerprint density at radius 1 is 1.29 bits per heavy atom.